The number of hydrogen-bond acceptors (Lipinski definition) is 3. The topological polar surface area (TPSA) is 84.6 Å². The van der Waals surface area contributed by atoms with E-state index in [1.54, 1.807) is 24.3 Å². The van der Waals surface area contributed by atoms with Crippen LogP contribution >= 0.6 is 0 Å². The number of nitrogens with two attached hydrogens (primary N) is 1. The van der Waals surface area contributed by atoms with Crippen LogP contribution in [0.2, 0.25) is 0 Å². The Balaban J connectivity index is 2.78. The number of amides is 2. The molecule has 0 heterocycles. The first-order valence-electron chi connectivity index (χ1n) is 3.67. The molecular weight excluding hydrogens is 170 g/mol. The average Bonchev–Trinajstić information content (AvgIpc) is 2.04. The van der Waals surface area contributed by atoms with E-state index in [2.05, 4.69) is 10.5 Å². The van der Waals surface area contributed by atoms with Crippen molar-refractivity contribution in [3.63, 3.8) is 0 Å². The zero-order chi connectivity index (χ0) is 9.68. The van der Waals surface area contributed by atoms with Crippen LogP contribution in [0.5, 0.6) is 0 Å². The third kappa shape index (κ3) is 2.90. The third-order valence-electron chi connectivity index (χ3n) is 1.44. The molecule has 0 atom stereocenters. The van der Waals surface area contributed by atoms with Crippen LogP contribution in [0.25, 0.3) is 0 Å². The lowest BCUT2D eigenvalue weighted by Gasteiger charge is -2.02. The van der Waals surface area contributed by atoms with Crippen LogP contribution in [0.4, 0.5) is 10.5 Å². The van der Waals surface area contributed by atoms with Gasteiger partial charge in [0.2, 0.25) is 0 Å². The highest BCUT2D eigenvalue weighted by atomic mass is 16.3. The number of nitrogens with zero attached hydrogens (tertiary/aromatic N) is 1. The van der Waals surface area contributed by atoms with Crippen molar-refractivity contribution >= 4 is 11.7 Å². The Kier molecular flexibility index (Phi) is 2.97. The van der Waals surface area contributed by atoms with Gasteiger partial charge < -0.3 is 11.1 Å². The summed E-state index contributed by atoms with van der Waals surface area (Å²) in [5.41, 5.74) is 6.21. The minimum Gasteiger partial charge on any atom is -0.351 e. The first-order chi connectivity index (χ1) is 6.22. The van der Waals surface area contributed by atoms with Gasteiger partial charge in [0.1, 0.15) is 6.54 Å². The molecule has 0 unspecified atom stereocenters. The summed E-state index contributed by atoms with van der Waals surface area (Å²) in [6.07, 6.45) is 0. The summed E-state index contributed by atoms with van der Waals surface area (Å²) in [7, 11) is 0. The maximum Gasteiger partial charge on any atom is 0.316 e. The average molecular weight is 179 g/mol. The minimum absolute atomic E-state index is 0.0915. The summed E-state index contributed by atoms with van der Waals surface area (Å²) in [5.74, 6) is 0. The van der Waals surface area contributed by atoms with E-state index >= 15 is 0 Å². The Morgan fingerprint density at radius 3 is 2.92 bits per heavy atom. The van der Waals surface area contributed by atoms with E-state index < -0.39 is 6.03 Å². The molecule has 68 valence electrons. The van der Waals surface area contributed by atoms with Crippen molar-refractivity contribution in [2.24, 2.45) is 10.9 Å². The number of nitrogens with one attached hydrogen (secondary N) is 1. The Hall–Kier alpha value is -1.91. The number of carbonyl (C=O) groups is 1. The van der Waals surface area contributed by atoms with Gasteiger partial charge in [0.05, 0.1) is 0 Å². The number of primary amides is 1. The Labute approximate surface area is 74.9 Å². The quantitative estimate of drug-likeness (QED) is 0.688. The van der Waals surface area contributed by atoms with Gasteiger partial charge in [-0.3, -0.25) is 0 Å². The summed E-state index contributed by atoms with van der Waals surface area (Å²) in [4.78, 5) is 20.4. The molecule has 0 saturated heterocycles. The standard InChI is InChI=1S/C8H9N3O2/c9-8(12)11-7-3-1-2-6(4-7)5-10-13/h1-4H,5H2,(H3,9,11,12). The fourth-order valence-corrected chi connectivity index (χ4v) is 0.964. The summed E-state index contributed by atoms with van der Waals surface area (Å²) < 4.78 is 0. The number of urea groups is 1. The molecule has 3 N–H and O–H groups in total. The van der Waals surface area contributed by atoms with E-state index in [-0.39, 0.29) is 6.54 Å². The smallest absolute Gasteiger partial charge is 0.316 e. The molecule has 0 fully saturated rings. The first kappa shape index (κ1) is 9.18. The van der Waals surface area contributed by atoms with Crippen molar-refractivity contribution in [2.75, 3.05) is 5.32 Å². The SMILES string of the molecule is NC(=O)Nc1cccc(CN=O)c1. The monoisotopic (exact) mass is 179 g/mol. The maximum absolute atomic E-state index is 10.5. The summed E-state index contributed by atoms with van der Waals surface area (Å²) in [6, 6.07) is 6.15. The van der Waals surface area contributed by atoms with Gasteiger partial charge in [-0.15, -0.1) is 0 Å². The van der Waals surface area contributed by atoms with Crippen molar-refractivity contribution in [1.29, 1.82) is 0 Å². The molecule has 1 aromatic carbocycles. The van der Waals surface area contributed by atoms with E-state index in [1.807, 2.05) is 0 Å². The molecule has 2 amide bonds. The van der Waals surface area contributed by atoms with Crippen LogP contribution in [-0.4, -0.2) is 6.03 Å². The van der Waals surface area contributed by atoms with Crippen LogP contribution in [0.15, 0.2) is 29.4 Å². The third-order valence-corrected chi connectivity index (χ3v) is 1.44. The number of anilines is 1. The second-order valence-electron chi connectivity index (χ2n) is 2.48. The van der Waals surface area contributed by atoms with Crippen molar-refractivity contribution in [1.82, 2.24) is 0 Å². The minimum atomic E-state index is -0.629. The van der Waals surface area contributed by atoms with E-state index in [0.717, 1.165) is 5.56 Å². The largest absolute Gasteiger partial charge is 0.351 e. The summed E-state index contributed by atoms with van der Waals surface area (Å²) >= 11 is 0. The Morgan fingerprint density at radius 1 is 1.54 bits per heavy atom. The van der Waals surface area contributed by atoms with Gasteiger partial charge in [-0.05, 0) is 17.7 Å². The number of carbonyl (C=O) groups excluding carboxylic acids is 1. The Bertz CT molecular complexity index is 325. The van der Waals surface area contributed by atoms with Crippen LogP contribution in [-0.2, 0) is 6.54 Å². The Morgan fingerprint density at radius 2 is 2.31 bits per heavy atom. The predicted molar refractivity (Wildman–Crippen MR) is 49.1 cm³/mol. The molecule has 5 nitrogen and oxygen atoms in total. The number of benzene rings is 1. The zero-order valence-corrected chi connectivity index (χ0v) is 6.86. The summed E-state index contributed by atoms with van der Waals surface area (Å²) in [5, 5.41) is 5.13. The molecular formula is C8H9N3O2. The second kappa shape index (κ2) is 4.20. The number of hydrogen-bond donors (Lipinski definition) is 2. The molecule has 13 heavy (non-hydrogen) atoms. The normalized spacial score (nSPS) is 9.23. The highest BCUT2D eigenvalue weighted by molar-refractivity contribution is 5.87. The molecule has 0 aliphatic heterocycles. The molecule has 0 spiro atoms. The molecule has 1 rings (SSSR count). The van der Waals surface area contributed by atoms with E-state index in [4.69, 9.17) is 5.73 Å². The van der Waals surface area contributed by atoms with Gasteiger partial charge in [0.15, 0.2) is 0 Å². The molecule has 0 radical (unpaired) electrons. The van der Waals surface area contributed by atoms with Crippen molar-refractivity contribution in [3.8, 4) is 0 Å². The van der Waals surface area contributed by atoms with Crippen LogP contribution in [0.1, 0.15) is 5.56 Å². The lowest BCUT2D eigenvalue weighted by molar-refractivity contribution is 0.259. The molecule has 5 heteroatoms. The molecule has 0 aliphatic carbocycles. The van der Waals surface area contributed by atoms with Gasteiger partial charge in [0, 0.05) is 5.69 Å². The number of rotatable bonds is 3. The molecule has 0 saturated carbocycles. The number of nitroso groups, excluding NO2 is 1. The highest BCUT2D eigenvalue weighted by Gasteiger charge is 1.97. The van der Waals surface area contributed by atoms with Crippen molar-refractivity contribution < 1.29 is 4.79 Å². The zero-order valence-electron chi connectivity index (χ0n) is 6.86. The van der Waals surface area contributed by atoms with Crippen molar-refractivity contribution in [3.05, 3.63) is 34.7 Å². The first-order valence-corrected chi connectivity index (χ1v) is 3.67. The molecule has 0 aromatic heterocycles. The lowest BCUT2D eigenvalue weighted by Crippen LogP contribution is -2.19. The lowest BCUT2D eigenvalue weighted by atomic mass is 10.2. The fraction of sp³-hybridized carbons (Fsp3) is 0.125. The van der Waals surface area contributed by atoms with Crippen LogP contribution in [0, 0.1) is 4.91 Å². The predicted octanol–water partition coefficient (Wildman–Crippen LogP) is 1.44. The van der Waals surface area contributed by atoms with Crippen molar-refractivity contribution in [2.45, 2.75) is 6.54 Å². The molecule has 1 aromatic rings. The van der Waals surface area contributed by atoms with E-state index in [0.29, 0.717) is 5.69 Å². The summed E-state index contributed by atoms with van der Waals surface area (Å²) in [6.45, 7) is 0.0915. The second-order valence-corrected chi connectivity index (χ2v) is 2.48. The van der Waals surface area contributed by atoms with E-state index in [1.165, 1.54) is 0 Å². The highest BCUT2D eigenvalue weighted by Crippen LogP contribution is 2.10. The van der Waals surface area contributed by atoms with E-state index in [9.17, 15) is 9.70 Å². The molecule has 0 aliphatic rings. The van der Waals surface area contributed by atoms with Crippen LogP contribution < -0.4 is 11.1 Å². The molecule has 0 bridgehead atoms. The van der Waals surface area contributed by atoms with Crippen LogP contribution in [0.3, 0.4) is 0 Å². The fourth-order valence-electron chi connectivity index (χ4n) is 0.964. The van der Waals surface area contributed by atoms with Gasteiger partial charge in [-0.2, -0.15) is 4.91 Å². The van der Waals surface area contributed by atoms with Gasteiger partial charge in [-0.1, -0.05) is 17.3 Å². The van der Waals surface area contributed by atoms with Gasteiger partial charge >= 0.3 is 6.03 Å². The van der Waals surface area contributed by atoms with Gasteiger partial charge in [-0.25, -0.2) is 4.79 Å². The van der Waals surface area contributed by atoms with Gasteiger partial charge in [0.25, 0.3) is 0 Å². The maximum atomic E-state index is 10.5.